The van der Waals surface area contributed by atoms with Crippen LogP contribution in [0.4, 0.5) is 17.6 Å². The largest absolute Gasteiger partial charge is 0.451 e. The van der Waals surface area contributed by atoms with Crippen LogP contribution in [0.25, 0.3) is 12.2 Å². The van der Waals surface area contributed by atoms with Crippen LogP contribution in [0.1, 0.15) is 31.4 Å². The van der Waals surface area contributed by atoms with Crippen LogP contribution in [0, 0.1) is 23.3 Å². The molecular weight excluding hydrogens is 865 g/mol. The fourth-order valence-electron chi connectivity index (χ4n) is 4.94. The molecule has 0 saturated carbocycles. The first kappa shape index (κ1) is 47.7. The molecule has 0 aliphatic heterocycles. The van der Waals surface area contributed by atoms with Crippen LogP contribution in [0.3, 0.4) is 0 Å². The van der Waals surface area contributed by atoms with E-state index in [4.69, 9.17) is 37.1 Å². The third-order valence-corrected chi connectivity index (χ3v) is 10.6. The van der Waals surface area contributed by atoms with Crippen molar-refractivity contribution in [2.45, 2.75) is 30.1 Å². The summed E-state index contributed by atoms with van der Waals surface area (Å²) in [4.78, 5) is 30.0. The van der Waals surface area contributed by atoms with Crippen LogP contribution in [0.15, 0.2) is 108 Å². The minimum Gasteiger partial charge on any atom is -0.451 e. The van der Waals surface area contributed by atoms with Crippen molar-refractivity contribution in [2.75, 3.05) is 19.8 Å². The molecular formula is C39H38F4N8O9S2. The van der Waals surface area contributed by atoms with Crippen molar-refractivity contribution in [3.63, 3.8) is 0 Å². The minimum absolute atomic E-state index is 0.00186. The second-order valence-electron chi connectivity index (χ2n) is 12.7. The number of carbonyl (C=O) groups is 2. The summed E-state index contributed by atoms with van der Waals surface area (Å²) < 4.78 is 132. The zero-order chi connectivity index (χ0) is 45.8. The Morgan fingerprint density at radius 3 is 1.45 bits per heavy atom. The highest BCUT2D eigenvalue weighted by Gasteiger charge is 2.19. The van der Waals surface area contributed by atoms with Gasteiger partial charge in [-0.2, -0.15) is 22.8 Å². The number of nitrogens with one attached hydrogen (secondary N) is 1. The van der Waals surface area contributed by atoms with Gasteiger partial charge in [-0.05, 0) is 110 Å². The van der Waals surface area contributed by atoms with E-state index in [1.54, 1.807) is 0 Å². The maximum Gasteiger partial charge on any atom is 0.281 e. The van der Waals surface area contributed by atoms with E-state index in [0.717, 1.165) is 66.9 Å². The van der Waals surface area contributed by atoms with Crippen molar-refractivity contribution in [3.05, 3.63) is 118 Å². The van der Waals surface area contributed by atoms with Crippen LogP contribution in [-0.4, -0.2) is 66.5 Å². The standard InChI is InChI=1S/C39H38F4N8O9S2/c1-22(36(52)50-38(44)45)16-24-18-30(40)34(31(41)19-24)59-26-4-8-28(9-5-26)61(54,55)48-12-3-14-58-15-13-49-62(56,57)29-10-6-27(7-11-29)60-35-32(42)20-25(21-33(35)43)17-23(2)37(53)51-39(46)47/h4-12,16-21,49H,3,13-15H2,1-2H3,(H4,44,45,50,52)(H4,46,47,51,53)/b22-16+,23-17+,48-12?. The number of guanidine groups is 2. The molecule has 2 amide bonds. The molecule has 0 aliphatic rings. The number of halogens is 4. The summed E-state index contributed by atoms with van der Waals surface area (Å²) in [6.07, 6.45) is 3.43. The smallest absolute Gasteiger partial charge is 0.281 e. The number of benzene rings is 4. The van der Waals surface area contributed by atoms with Gasteiger partial charge in [0.1, 0.15) is 11.5 Å². The van der Waals surface area contributed by atoms with Crippen LogP contribution < -0.4 is 37.1 Å². The Bertz CT molecular complexity index is 2660. The van der Waals surface area contributed by atoms with Gasteiger partial charge < -0.3 is 37.1 Å². The van der Waals surface area contributed by atoms with Gasteiger partial charge in [0.2, 0.25) is 10.0 Å². The highest BCUT2D eigenvalue weighted by atomic mass is 32.2. The lowest BCUT2D eigenvalue weighted by atomic mass is 10.1. The molecule has 0 aliphatic carbocycles. The van der Waals surface area contributed by atoms with Crippen LogP contribution in [0.5, 0.6) is 23.0 Å². The van der Waals surface area contributed by atoms with E-state index < -0.39 is 78.5 Å². The number of sulfonamides is 2. The van der Waals surface area contributed by atoms with Gasteiger partial charge in [0.25, 0.3) is 21.8 Å². The summed E-state index contributed by atoms with van der Waals surface area (Å²) in [6, 6.07) is 12.8. The molecule has 4 aromatic carbocycles. The molecule has 0 saturated heterocycles. The van der Waals surface area contributed by atoms with E-state index in [2.05, 4.69) is 19.1 Å². The van der Waals surface area contributed by atoms with Gasteiger partial charge in [0.15, 0.2) is 46.7 Å². The third-order valence-electron chi connectivity index (χ3n) is 7.78. The molecule has 4 aromatic rings. The second kappa shape index (κ2) is 21.0. The molecule has 0 bridgehead atoms. The van der Waals surface area contributed by atoms with Gasteiger partial charge in [0, 0.05) is 30.3 Å². The highest BCUT2D eigenvalue weighted by molar-refractivity contribution is 7.90. The number of aliphatic imine (C=N–C) groups is 2. The Morgan fingerprint density at radius 2 is 1.05 bits per heavy atom. The molecule has 0 atom stereocenters. The second-order valence-corrected chi connectivity index (χ2v) is 16.1. The topological polar surface area (TPSA) is 283 Å². The summed E-state index contributed by atoms with van der Waals surface area (Å²) in [7, 11) is -8.24. The number of hydrogen-bond acceptors (Lipinski definition) is 9. The summed E-state index contributed by atoms with van der Waals surface area (Å²) in [6.45, 7) is 2.39. The fourth-order valence-corrected chi connectivity index (χ4v) is 6.86. The normalized spacial score (nSPS) is 12.2. The Balaban J connectivity index is 1.22. The van der Waals surface area contributed by atoms with Crippen molar-refractivity contribution >= 4 is 62.1 Å². The van der Waals surface area contributed by atoms with E-state index in [1.807, 2.05) is 0 Å². The Kier molecular flexibility index (Phi) is 16.2. The Hall–Kier alpha value is -6.95. The lowest BCUT2D eigenvalue weighted by Crippen LogP contribution is -2.27. The fraction of sp³-hybridized carbons (Fsp3) is 0.154. The monoisotopic (exact) mass is 902 g/mol. The number of nitrogens with zero attached hydrogens (tertiary/aromatic N) is 3. The molecule has 0 heterocycles. The zero-order valence-corrected chi connectivity index (χ0v) is 34.3. The van der Waals surface area contributed by atoms with Crippen molar-refractivity contribution in [1.29, 1.82) is 0 Å². The van der Waals surface area contributed by atoms with Gasteiger partial charge in [-0.1, -0.05) is 0 Å². The average Bonchev–Trinajstić information content (AvgIpc) is 3.18. The Labute approximate surface area is 352 Å². The van der Waals surface area contributed by atoms with Gasteiger partial charge >= 0.3 is 0 Å². The summed E-state index contributed by atoms with van der Waals surface area (Å²) in [5, 5.41) is 0. The van der Waals surface area contributed by atoms with Gasteiger partial charge in [-0.3, -0.25) is 9.59 Å². The molecule has 17 nitrogen and oxygen atoms in total. The molecule has 9 N–H and O–H groups in total. The number of rotatable bonds is 18. The van der Waals surface area contributed by atoms with Gasteiger partial charge in [-0.15, -0.1) is 0 Å². The summed E-state index contributed by atoms with van der Waals surface area (Å²) in [5.41, 5.74) is 20.6. The number of carbonyl (C=O) groups excluding carboxylic acids is 2. The van der Waals surface area contributed by atoms with E-state index in [-0.39, 0.29) is 69.7 Å². The number of ether oxygens (including phenoxy) is 3. The maximum atomic E-state index is 14.7. The first-order valence-electron chi connectivity index (χ1n) is 17.7. The quantitative estimate of drug-likeness (QED) is 0.0305. The van der Waals surface area contributed by atoms with E-state index in [0.29, 0.717) is 0 Å². The summed E-state index contributed by atoms with van der Waals surface area (Å²) in [5.74, 6) is -8.73. The zero-order valence-electron chi connectivity index (χ0n) is 32.6. The Morgan fingerprint density at radius 1 is 0.645 bits per heavy atom. The van der Waals surface area contributed by atoms with E-state index in [1.165, 1.54) is 38.1 Å². The minimum atomic E-state index is -4.19. The molecule has 0 radical (unpaired) electrons. The molecule has 23 heteroatoms. The van der Waals surface area contributed by atoms with E-state index in [9.17, 15) is 44.0 Å². The SMILES string of the molecule is C/C(=C\c1cc(F)c(Oc2ccc(S(=O)(=O)N=CCCOCCNS(=O)(=O)c3ccc(Oc4c(F)cc(/C=C(\C)C(=O)N=C(N)N)cc4F)cc3)cc2)c(F)c1)C(=O)N=C(N)N. The molecule has 328 valence electrons. The molecule has 0 aromatic heterocycles. The lowest BCUT2D eigenvalue weighted by molar-refractivity contribution is -0.115. The average molecular weight is 903 g/mol. The number of nitrogens with two attached hydrogens (primary N) is 4. The number of amides is 2. The third kappa shape index (κ3) is 13.8. The van der Waals surface area contributed by atoms with Crippen molar-refractivity contribution in [2.24, 2.45) is 37.3 Å². The molecule has 4 rings (SSSR count). The maximum absolute atomic E-state index is 14.7. The predicted molar refractivity (Wildman–Crippen MR) is 221 cm³/mol. The highest BCUT2D eigenvalue weighted by Crippen LogP contribution is 2.32. The molecule has 0 spiro atoms. The van der Waals surface area contributed by atoms with Crippen molar-refractivity contribution in [3.8, 4) is 23.0 Å². The van der Waals surface area contributed by atoms with Crippen molar-refractivity contribution < 1.29 is 58.2 Å². The number of hydrogen-bond donors (Lipinski definition) is 5. The van der Waals surface area contributed by atoms with Crippen LogP contribution >= 0.6 is 0 Å². The van der Waals surface area contributed by atoms with Gasteiger partial charge in [0.05, 0.1) is 23.0 Å². The predicted octanol–water partition coefficient (Wildman–Crippen LogP) is 4.38. The van der Waals surface area contributed by atoms with Crippen LogP contribution in [-0.2, 0) is 34.4 Å². The molecule has 62 heavy (non-hydrogen) atoms. The molecule has 0 fully saturated rings. The summed E-state index contributed by atoms with van der Waals surface area (Å²) >= 11 is 0. The molecule has 0 unspecified atom stereocenters. The lowest BCUT2D eigenvalue weighted by Gasteiger charge is -2.11. The van der Waals surface area contributed by atoms with Crippen LogP contribution in [0.2, 0.25) is 0 Å². The first-order chi connectivity index (χ1) is 29.1. The van der Waals surface area contributed by atoms with Gasteiger partial charge in [-0.25, -0.2) is 30.7 Å². The van der Waals surface area contributed by atoms with E-state index >= 15 is 0 Å². The first-order valence-corrected chi connectivity index (χ1v) is 20.6. The van der Waals surface area contributed by atoms with Crippen molar-refractivity contribution in [1.82, 2.24) is 4.72 Å².